The highest BCUT2D eigenvalue weighted by Gasteiger charge is 2.04. The second-order valence-electron chi connectivity index (χ2n) is 5.20. The molecule has 0 aliphatic rings. The van der Waals surface area contributed by atoms with E-state index in [1.54, 1.807) is 0 Å². The summed E-state index contributed by atoms with van der Waals surface area (Å²) in [4.78, 5) is 1.97. The van der Waals surface area contributed by atoms with Gasteiger partial charge in [0.05, 0.1) is 0 Å². The van der Waals surface area contributed by atoms with Crippen molar-refractivity contribution in [2.45, 2.75) is 0 Å². The van der Waals surface area contributed by atoms with Gasteiger partial charge in [-0.2, -0.15) is 0 Å². The molecule has 0 atom stereocenters. The standard InChI is InChI=1S/C17H21N2O/c1-18(2)12-17(13-19(3)4)20-16-10-9-14-7-5-6-8-15(14)11-16/h5-13H,1-4H3/q+1. The number of benzene rings is 2. The first-order valence-corrected chi connectivity index (χ1v) is 6.61. The van der Waals surface area contributed by atoms with Crippen LogP contribution in [0.3, 0.4) is 0 Å². The Morgan fingerprint density at radius 2 is 1.75 bits per heavy atom. The van der Waals surface area contributed by atoms with Gasteiger partial charge in [-0.25, -0.2) is 4.58 Å². The van der Waals surface area contributed by atoms with E-state index in [1.165, 1.54) is 10.8 Å². The van der Waals surface area contributed by atoms with Crippen LogP contribution in [0.4, 0.5) is 0 Å². The molecule has 0 spiro atoms. The van der Waals surface area contributed by atoms with Crippen LogP contribution in [0.15, 0.2) is 54.4 Å². The highest BCUT2D eigenvalue weighted by Crippen LogP contribution is 2.21. The Hall–Kier alpha value is -2.29. The average molecular weight is 269 g/mol. The fourth-order valence-corrected chi connectivity index (χ4v) is 1.96. The van der Waals surface area contributed by atoms with E-state index in [4.69, 9.17) is 4.74 Å². The fourth-order valence-electron chi connectivity index (χ4n) is 1.96. The van der Waals surface area contributed by atoms with E-state index in [0.717, 1.165) is 11.5 Å². The molecular weight excluding hydrogens is 248 g/mol. The predicted octanol–water partition coefficient (Wildman–Crippen LogP) is 2.96. The summed E-state index contributed by atoms with van der Waals surface area (Å²) in [5.41, 5.74) is 0. The Kier molecular flexibility index (Phi) is 4.41. The van der Waals surface area contributed by atoms with E-state index < -0.39 is 0 Å². The summed E-state index contributed by atoms with van der Waals surface area (Å²) in [6, 6.07) is 14.4. The molecule has 0 aliphatic heterocycles. The summed E-state index contributed by atoms with van der Waals surface area (Å²) < 4.78 is 7.94. The molecule has 0 bridgehead atoms. The predicted molar refractivity (Wildman–Crippen MR) is 84.5 cm³/mol. The molecule has 0 N–H and O–H groups in total. The molecule has 0 radical (unpaired) electrons. The first-order chi connectivity index (χ1) is 9.54. The van der Waals surface area contributed by atoms with Gasteiger partial charge in [0.25, 0.3) is 0 Å². The number of hydrogen-bond donors (Lipinski definition) is 0. The Bertz CT molecular complexity index is 653. The maximum absolute atomic E-state index is 5.97. The first-order valence-electron chi connectivity index (χ1n) is 6.61. The lowest BCUT2D eigenvalue weighted by Crippen LogP contribution is -2.11. The Balaban J connectivity index is 2.31. The zero-order valence-electron chi connectivity index (χ0n) is 12.5. The monoisotopic (exact) mass is 269 g/mol. The number of ether oxygens (including phenoxy) is 1. The van der Waals surface area contributed by atoms with Crippen LogP contribution in [0.2, 0.25) is 0 Å². The van der Waals surface area contributed by atoms with Gasteiger partial charge in [-0.05, 0) is 22.9 Å². The lowest BCUT2D eigenvalue weighted by Gasteiger charge is -2.10. The van der Waals surface area contributed by atoms with E-state index in [9.17, 15) is 0 Å². The van der Waals surface area contributed by atoms with Crippen molar-refractivity contribution in [1.82, 2.24) is 4.90 Å². The molecule has 3 nitrogen and oxygen atoms in total. The molecule has 0 saturated heterocycles. The number of fused-ring (bicyclic) bond motifs is 1. The smallest absolute Gasteiger partial charge is 0.207 e. The maximum atomic E-state index is 5.97. The van der Waals surface area contributed by atoms with Crippen molar-refractivity contribution in [3.63, 3.8) is 0 Å². The summed E-state index contributed by atoms with van der Waals surface area (Å²) in [6.45, 7) is 0. The van der Waals surface area contributed by atoms with E-state index in [2.05, 4.69) is 24.3 Å². The van der Waals surface area contributed by atoms with Crippen LogP contribution < -0.4 is 4.74 Å². The molecule has 0 fully saturated rings. The van der Waals surface area contributed by atoms with E-state index in [0.29, 0.717) is 0 Å². The molecule has 2 rings (SSSR count). The number of hydrogen-bond acceptors (Lipinski definition) is 2. The highest BCUT2D eigenvalue weighted by atomic mass is 16.5. The highest BCUT2D eigenvalue weighted by molar-refractivity contribution is 5.84. The Morgan fingerprint density at radius 1 is 1.05 bits per heavy atom. The minimum absolute atomic E-state index is 0.801. The van der Waals surface area contributed by atoms with Crippen LogP contribution in [0.5, 0.6) is 5.75 Å². The second kappa shape index (κ2) is 6.24. The van der Waals surface area contributed by atoms with Gasteiger partial charge in [-0.15, -0.1) is 0 Å². The Labute approximate surface area is 120 Å². The van der Waals surface area contributed by atoms with Crippen LogP contribution >= 0.6 is 0 Å². The van der Waals surface area contributed by atoms with Crippen LogP contribution in [-0.2, 0) is 0 Å². The minimum atomic E-state index is 0.801. The number of allylic oxidation sites excluding steroid dienone is 1. The van der Waals surface area contributed by atoms with Gasteiger partial charge >= 0.3 is 0 Å². The quantitative estimate of drug-likeness (QED) is 0.482. The number of rotatable bonds is 4. The molecule has 0 heterocycles. The molecular formula is C17H21N2O+. The van der Waals surface area contributed by atoms with Crippen molar-refractivity contribution in [2.75, 3.05) is 28.2 Å². The molecule has 0 aromatic heterocycles. The average Bonchev–Trinajstić information content (AvgIpc) is 2.37. The molecule has 0 unspecified atom stereocenters. The van der Waals surface area contributed by atoms with Crippen molar-refractivity contribution >= 4 is 17.0 Å². The van der Waals surface area contributed by atoms with Crippen molar-refractivity contribution < 1.29 is 9.31 Å². The van der Waals surface area contributed by atoms with Gasteiger partial charge in [0, 0.05) is 20.3 Å². The van der Waals surface area contributed by atoms with Gasteiger partial charge in [0.1, 0.15) is 19.8 Å². The molecule has 104 valence electrons. The number of nitrogens with zero attached hydrogens (tertiary/aromatic N) is 2. The lowest BCUT2D eigenvalue weighted by atomic mass is 10.1. The zero-order valence-corrected chi connectivity index (χ0v) is 12.5. The third kappa shape index (κ3) is 3.85. The van der Waals surface area contributed by atoms with Crippen LogP contribution in [-0.4, -0.2) is 43.9 Å². The minimum Gasteiger partial charge on any atom is -0.450 e. The van der Waals surface area contributed by atoms with Crippen molar-refractivity contribution in [3.8, 4) is 5.75 Å². The summed E-state index contributed by atoms with van der Waals surface area (Å²) in [5.74, 6) is 1.64. The third-order valence-corrected chi connectivity index (χ3v) is 2.73. The lowest BCUT2D eigenvalue weighted by molar-refractivity contribution is -0.459. The first kappa shape index (κ1) is 14.1. The van der Waals surface area contributed by atoms with Gasteiger partial charge in [0.2, 0.25) is 12.0 Å². The van der Waals surface area contributed by atoms with Crippen LogP contribution in [0.25, 0.3) is 10.8 Å². The molecule has 0 saturated carbocycles. The van der Waals surface area contributed by atoms with E-state index in [-0.39, 0.29) is 0 Å². The van der Waals surface area contributed by atoms with Crippen LogP contribution in [0, 0.1) is 0 Å². The second-order valence-corrected chi connectivity index (χ2v) is 5.20. The normalized spacial score (nSPS) is 11.3. The van der Waals surface area contributed by atoms with Crippen molar-refractivity contribution in [2.24, 2.45) is 0 Å². The molecule has 2 aromatic rings. The largest absolute Gasteiger partial charge is 0.450 e. The van der Waals surface area contributed by atoms with Crippen LogP contribution in [0.1, 0.15) is 0 Å². The van der Waals surface area contributed by atoms with Gasteiger partial charge in [0.15, 0.2) is 0 Å². The summed E-state index contributed by atoms with van der Waals surface area (Å²) in [7, 11) is 7.92. The van der Waals surface area contributed by atoms with Crippen molar-refractivity contribution in [3.05, 3.63) is 54.4 Å². The topological polar surface area (TPSA) is 15.5 Å². The maximum Gasteiger partial charge on any atom is 0.207 e. The molecule has 0 amide bonds. The van der Waals surface area contributed by atoms with Gasteiger partial charge < -0.3 is 9.64 Å². The third-order valence-electron chi connectivity index (χ3n) is 2.73. The summed E-state index contributed by atoms with van der Waals surface area (Å²) >= 11 is 0. The molecule has 2 aromatic carbocycles. The molecule has 0 aliphatic carbocycles. The zero-order chi connectivity index (χ0) is 14.5. The summed E-state index contributed by atoms with van der Waals surface area (Å²) in [5, 5.41) is 2.40. The van der Waals surface area contributed by atoms with E-state index >= 15 is 0 Å². The SMILES string of the molecule is CN(C)/C=C(/C=[N+](C)C)Oc1ccc2ccccc2c1. The van der Waals surface area contributed by atoms with Crippen molar-refractivity contribution in [1.29, 1.82) is 0 Å². The fraction of sp³-hybridized carbons (Fsp3) is 0.235. The Morgan fingerprint density at radius 3 is 2.40 bits per heavy atom. The molecule has 3 heteroatoms. The van der Waals surface area contributed by atoms with Gasteiger partial charge in [-0.1, -0.05) is 30.3 Å². The molecule has 20 heavy (non-hydrogen) atoms. The van der Waals surface area contributed by atoms with Gasteiger partial charge in [-0.3, -0.25) is 0 Å². The summed E-state index contributed by atoms with van der Waals surface area (Å²) in [6.07, 6.45) is 3.91. The van der Waals surface area contributed by atoms with E-state index in [1.807, 2.05) is 68.3 Å².